The molecule has 0 saturated carbocycles. The molecule has 4 unspecified atom stereocenters. The van der Waals surface area contributed by atoms with E-state index < -0.39 is 78.5 Å². The van der Waals surface area contributed by atoms with E-state index in [1.807, 2.05) is 0 Å². The zero-order valence-electron chi connectivity index (χ0n) is 21.1. The Morgan fingerprint density at radius 3 is 1.62 bits per heavy atom. The molecule has 39 heavy (non-hydrogen) atoms. The summed E-state index contributed by atoms with van der Waals surface area (Å²) in [6.07, 6.45) is -1.97. The van der Waals surface area contributed by atoms with E-state index in [9.17, 15) is 38.7 Å². The van der Waals surface area contributed by atoms with Gasteiger partial charge in [0.2, 0.25) is 29.5 Å². The van der Waals surface area contributed by atoms with Crippen molar-refractivity contribution in [2.75, 3.05) is 0 Å². The first-order valence-electron chi connectivity index (χ1n) is 12.0. The van der Waals surface area contributed by atoms with Crippen LogP contribution in [0.1, 0.15) is 44.1 Å². The fourth-order valence-corrected chi connectivity index (χ4v) is 3.39. The molecule has 0 heterocycles. The predicted molar refractivity (Wildman–Crippen MR) is 135 cm³/mol. The van der Waals surface area contributed by atoms with Crippen molar-refractivity contribution in [3.05, 3.63) is 35.9 Å². The molecule has 0 aliphatic rings. The second kappa shape index (κ2) is 16.3. The number of carbonyl (C=O) groups excluding carboxylic acids is 5. The van der Waals surface area contributed by atoms with Crippen molar-refractivity contribution < 1.29 is 43.8 Å². The molecule has 0 aliphatic carbocycles. The molecule has 15 nitrogen and oxygen atoms in total. The molecule has 1 aromatic rings. The van der Waals surface area contributed by atoms with E-state index in [1.54, 1.807) is 30.3 Å². The highest BCUT2D eigenvalue weighted by atomic mass is 16.4. The molecule has 15 heteroatoms. The number of rotatable bonds is 18. The minimum atomic E-state index is -1.50. The lowest BCUT2D eigenvalue weighted by Gasteiger charge is -2.25. The van der Waals surface area contributed by atoms with Gasteiger partial charge < -0.3 is 43.4 Å². The van der Waals surface area contributed by atoms with Crippen molar-refractivity contribution in [3.8, 4) is 0 Å². The first-order chi connectivity index (χ1) is 18.3. The molecule has 0 aliphatic heterocycles. The van der Waals surface area contributed by atoms with Crippen LogP contribution in [0.2, 0.25) is 0 Å². The largest absolute Gasteiger partial charge is 0.481 e. The summed E-state index contributed by atoms with van der Waals surface area (Å²) in [7, 11) is 0. The third-order valence-corrected chi connectivity index (χ3v) is 5.53. The van der Waals surface area contributed by atoms with E-state index in [4.69, 9.17) is 22.3 Å². The van der Waals surface area contributed by atoms with Gasteiger partial charge in [-0.1, -0.05) is 30.3 Å². The molecule has 0 spiro atoms. The van der Waals surface area contributed by atoms with Crippen LogP contribution < -0.4 is 33.2 Å². The Labute approximate surface area is 223 Å². The van der Waals surface area contributed by atoms with Gasteiger partial charge in [-0.25, -0.2) is 4.79 Å². The van der Waals surface area contributed by atoms with Gasteiger partial charge in [0.15, 0.2) is 0 Å². The second-order valence-corrected chi connectivity index (χ2v) is 8.76. The standard InChI is InChI=1S/C24H34N6O9/c25-14(6-9-18(26)31)21(35)28-15(7-10-19(27)32)22(36)29-16(8-11-20(33)34)23(37)30-17(24(38)39)12-13-4-2-1-3-5-13/h1-5,14-17H,6-12,25H2,(H2,26,31)(H2,27,32)(H,28,35)(H,29,36)(H,30,37)(H,33,34)(H,38,39). The summed E-state index contributed by atoms with van der Waals surface area (Å²) < 4.78 is 0. The normalized spacial score (nSPS) is 13.7. The van der Waals surface area contributed by atoms with E-state index in [1.165, 1.54) is 0 Å². The highest BCUT2D eigenvalue weighted by molar-refractivity contribution is 5.94. The van der Waals surface area contributed by atoms with Crippen LogP contribution in [0.25, 0.3) is 0 Å². The summed E-state index contributed by atoms with van der Waals surface area (Å²) in [6, 6.07) is 2.90. The van der Waals surface area contributed by atoms with Crippen LogP contribution in [0.4, 0.5) is 0 Å². The van der Waals surface area contributed by atoms with Crippen LogP contribution in [-0.2, 0) is 40.0 Å². The zero-order valence-corrected chi connectivity index (χ0v) is 21.1. The monoisotopic (exact) mass is 550 g/mol. The van der Waals surface area contributed by atoms with Gasteiger partial charge in [-0.2, -0.15) is 0 Å². The summed E-state index contributed by atoms with van der Waals surface area (Å²) >= 11 is 0. The van der Waals surface area contributed by atoms with Crippen LogP contribution in [0.5, 0.6) is 0 Å². The molecule has 0 bridgehead atoms. The minimum Gasteiger partial charge on any atom is -0.481 e. The molecule has 0 aromatic heterocycles. The molecule has 0 fully saturated rings. The number of carboxylic acids is 2. The Hall–Kier alpha value is -4.53. The Morgan fingerprint density at radius 1 is 0.667 bits per heavy atom. The first kappa shape index (κ1) is 32.5. The van der Waals surface area contributed by atoms with Gasteiger partial charge >= 0.3 is 11.9 Å². The maximum absolute atomic E-state index is 13.0. The van der Waals surface area contributed by atoms with E-state index in [0.29, 0.717) is 5.56 Å². The topological polar surface area (TPSA) is 274 Å². The average Bonchev–Trinajstić information content (AvgIpc) is 2.86. The van der Waals surface area contributed by atoms with Gasteiger partial charge in [0.25, 0.3) is 0 Å². The fraction of sp³-hybridized carbons (Fsp3) is 0.458. The lowest BCUT2D eigenvalue weighted by Crippen LogP contribution is -2.57. The van der Waals surface area contributed by atoms with Gasteiger partial charge in [0.05, 0.1) is 6.04 Å². The van der Waals surface area contributed by atoms with Crippen molar-refractivity contribution in [2.45, 2.75) is 69.1 Å². The van der Waals surface area contributed by atoms with E-state index in [2.05, 4.69) is 16.0 Å². The van der Waals surface area contributed by atoms with Crippen LogP contribution in [0.15, 0.2) is 30.3 Å². The number of hydrogen-bond donors (Lipinski definition) is 8. The molecule has 0 saturated heterocycles. The quantitative estimate of drug-likeness (QED) is 0.0950. The zero-order chi connectivity index (χ0) is 29.5. The van der Waals surface area contributed by atoms with Crippen LogP contribution in [-0.4, -0.2) is 75.9 Å². The number of aliphatic carboxylic acids is 2. The van der Waals surface area contributed by atoms with Gasteiger partial charge in [-0.15, -0.1) is 0 Å². The fourth-order valence-electron chi connectivity index (χ4n) is 3.39. The molecule has 1 rings (SSSR count). The molecule has 214 valence electrons. The molecule has 4 atom stereocenters. The average molecular weight is 551 g/mol. The number of carbonyl (C=O) groups is 7. The Balaban J connectivity index is 3.05. The number of amides is 5. The lowest BCUT2D eigenvalue weighted by molar-refractivity contribution is -0.143. The maximum Gasteiger partial charge on any atom is 0.326 e. The van der Waals surface area contributed by atoms with Crippen molar-refractivity contribution in [1.29, 1.82) is 0 Å². The SMILES string of the molecule is NC(=O)CCC(N)C(=O)NC(CCC(N)=O)C(=O)NC(CCC(=O)O)C(=O)NC(Cc1ccccc1)C(=O)O. The summed E-state index contributed by atoms with van der Waals surface area (Å²) in [4.78, 5) is 83.5. The van der Waals surface area contributed by atoms with Crippen molar-refractivity contribution in [1.82, 2.24) is 16.0 Å². The number of benzene rings is 1. The Kier molecular flexibility index (Phi) is 13.6. The number of carboxylic acid groups (broad SMARTS) is 2. The third-order valence-electron chi connectivity index (χ3n) is 5.53. The predicted octanol–water partition coefficient (Wildman–Crippen LogP) is -2.51. The van der Waals surface area contributed by atoms with E-state index >= 15 is 0 Å². The van der Waals surface area contributed by atoms with Crippen molar-refractivity contribution in [2.24, 2.45) is 17.2 Å². The van der Waals surface area contributed by atoms with Gasteiger partial charge in [0.1, 0.15) is 18.1 Å². The van der Waals surface area contributed by atoms with Crippen LogP contribution in [0.3, 0.4) is 0 Å². The van der Waals surface area contributed by atoms with Gasteiger partial charge in [0, 0.05) is 25.7 Å². The number of nitrogens with two attached hydrogens (primary N) is 3. The van der Waals surface area contributed by atoms with Gasteiger partial charge in [-0.3, -0.25) is 28.8 Å². The summed E-state index contributed by atoms with van der Waals surface area (Å²) in [5.41, 5.74) is 16.5. The Morgan fingerprint density at radius 2 is 1.13 bits per heavy atom. The lowest BCUT2D eigenvalue weighted by atomic mass is 10.0. The summed E-state index contributed by atoms with van der Waals surface area (Å²) in [5.74, 6) is -6.89. The van der Waals surface area contributed by atoms with E-state index in [0.717, 1.165) is 0 Å². The molecule has 11 N–H and O–H groups in total. The molecular formula is C24H34N6O9. The molecular weight excluding hydrogens is 516 g/mol. The maximum atomic E-state index is 13.0. The molecule has 0 radical (unpaired) electrons. The van der Waals surface area contributed by atoms with Gasteiger partial charge in [-0.05, 0) is 24.8 Å². The number of nitrogens with one attached hydrogen (secondary N) is 3. The summed E-state index contributed by atoms with van der Waals surface area (Å²) in [5, 5.41) is 25.6. The smallest absolute Gasteiger partial charge is 0.326 e. The number of hydrogen-bond acceptors (Lipinski definition) is 8. The van der Waals surface area contributed by atoms with Crippen LogP contribution >= 0.6 is 0 Å². The minimum absolute atomic E-state index is 0.0814. The molecule has 5 amide bonds. The first-order valence-corrected chi connectivity index (χ1v) is 12.0. The van der Waals surface area contributed by atoms with E-state index in [-0.39, 0.29) is 32.1 Å². The highest BCUT2D eigenvalue weighted by Crippen LogP contribution is 2.07. The Bertz CT molecular complexity index is 1050. The highest BCUT2D eigenvalue weighted by Gasteiger charge is 2.31. The second-order valence-electron chi connectivity index (χ2n) is 8.76. The number of primary amides is 2. The van der Waals surface area contributed by atoms with Crippen molar-refractivity contribution in [3.63, 3.8) is 0 Å². The summed E-state index contributed by atoms with van der Waals surface area (Å²) in [6.45, 7) is 0. The van der Waals surface area contributed by atoms with Crippen molar-refractivity contribution >= 4 is 41.5 Å². The molecule has 1 aromatic carbocycles. The van der Waals surface area contributed by atoms with Crippen LogP contribution in [0, 0.1) is 0 Å². The third kappa shape index (κ3) is 13.0.